The van der Waals surface area contributed by atoms with Crippen LogP contribution in [0.15, 0.2) is 36.4 Å². The molecule has 4 atom stereocenters. The van der Waals surface area contributed by atoms with Crippen LogP contribution in [0, 0.1) is 11.2 Å². The number of carbonyl (C=O) groups excluding carboxylic acids is 2. The second kappa shape index (κ2) is 9.00. The van der Waals surface area contributed by atoms with Gasteiger partial charge in [0.25, 0.3) is 0 Å². The Kier molecular flexibility index (Phi) is 6.72. The van der Waals surface area contributed by atoms with Gasteiger partial charge < -0.3 is 10.1 Å². The highest BCUT2D eigenvalue weighted by atomic mass is 35.5. The number of likely N-dealkylation sites (N-methyl/N-ethyl adjacent to an activating group) is 1. The first-order valence-corrected chi connectivity index (χ1v) is 12.8. The van der Waals surface area contributed by atoms with Crippen molar-refractivity contribution >= 4 is 40.8 Å². The molecule has 5 nitrogen and oxygen atoms in total. The molecule has 0 saturated carbocycles. The van der Waals surface area contributed by atoms with E-state index in [2.05, 4.69) is 26.1 Å². The number of amides is 1. The second-order valence-electron chi connectivity index (χ2n) is 12.1. The molecule has 0 bridgehead atoms. The molecular weight excluding hydrogens is 502 g/mol. The Labute approximate surface area is 222 Å². The van der Waals surface area contributed by atoms with Crippen LogP contribution in [-0.2, 0) is 19.7 Å². The zero-order chi connectivity index (χ0) is 26.8. The summed E-state index contributed by atoms with van der Waals surface area (Å²) in [5, 5.41) is 3.69. The SMILES string of the molecule is CN1C(C(=O)OC(C)(C)C)C(c2cc(F)cc(Cl)c2)C2(C(=O)Nc3cc(Cl)ccc32)C1CC(C)(C)C. The minimum absolute atomic E-state index is 0.186. The van der Waals surface area contributed by atoms with Gasteiger partial charge in [-0.05, 0) is 81.1 Å². The van der Waals surface area contributed by atoms with Crippen LogP contribution in [0.2, 0.25) is 10.0 Å². The average Bonchev–Trinajstić information content (AvgIpc) is 3.11. The van der Waals surface area contributed by atoms with E-state index in [0.29, 0.717) is 22.7 Å². The van der Waals surface area contributed by atoms with Crippen molar-refractivity contribution in [1.29, 1.82) is 0 Å². The first-order chi connectivity index (χ1) is 16.5. The van der Waals surface area contributed by atoms with E-state index >= 15 is 0 Å². The molecule has 194 valence electrons. The molecule has 1 spiro atoms. The summed E-state index contributed by atoms with van der Waals surface area (Å²) < 4.78 is 20.6. The summed E-state index contributed by atoms with van der Waals surface area (Å²) >= 11 is 12.6. The Morgan fingerprint density at radius 2 is 1.75 bits per heavy atom. The molecule has 2 aliphatic heterocycles. The summed E-state index contributed by atoms with van der Waals surface area (Å²) in [6, 6.07) is 8.26. The second-order valence-corrected chi connectivity index (χ2v) is 13.0. The third kappa shape index (κ3) is 4.64. The molecule has 1 amide bonds. The molecule has 2 aromatic carbocycles. The third-order valence-corrected chi connectivity index (χ3v) is 7.46. The lowest BCUT2D eigenvalue weighted by Crippen LogP contribution is -2.50. The van der Waals surface area contributed by atoms with Crippen LogP contribution < -0.4 is 5.32 Å². The normalized spacial score (nSPS) is 26.3. The van der Waals surface area contributed by atoms with Crippen LogP contribution in [0.5, 0.6) is 0 Å². The first-order valence-electron chi connectivity index (χ1n) is 12.1. The Hall–Kier alpha value is -2.15. The number of hydrogen-bond acceptors (Lipinski definition) is 4. The smallest absolute Gasteiger partial charge is 0.324 e. The molecule has 8 heteroatoms. The number of rotatable bonds is 3. The van der Waals surface area contributed by atoms with Crippen molar-refractivity contribution in [3.05, 3.63) is 63.4 Å². The number of halogens is 3. The monoisotopic (exact) mass is 534 g/mol. The van der Waals surface area contributed by atoms with Gasteiger partial charge in [-0.15, -0.1) is 0 Å². The van der Waals surface area contributed by atoms with Crippen LogP contribution >= 0.6 is 23.2 Å². The number of anilines is 1. The topological polar surface area (TPSA) is 58.6 Å². The minimum atomic E-state index is -1.21. The average molecular weight is 535 g/mol. The van der Waals surface area contributed by atoms with Crippen LogP contribution in [0.3, 0.4) is 0 Å². The van der Waals surface area contributed by atoms with Gasteiger partial charge in [0, 0.05) is 27.7 Å². The van der Waals surface area contributed by atoms with Crippen molar-refractivity contribution in [2.45, 2.75) is 77.0 Å². The molecule has 1 N–H and O–H groups in total. The predicted molar refractivity (Wildman–Crippen MR) is 141 cm³/mol. The molecule has 0 aromatic heterocycles. The lowest BCUT2D eigenvalue weighted by molar-refractivity contribution is -0.160. The zero-order valence-corrected chi connectivity index (χ0v) is 23.2. The highest BCUT2D eigenvalue weighted by Crippen LogP contribution is 2.59. The Morgan fingerprint density at radius 1 is 1.08 bits per heavy atom. The lowest BCUT2D eigenvalue weighted by atomic mass is 9.62. The van der Waals surface area contributed by atoms with E-state index < -0.39 is 40.8 Å². The van der Waals surface area contributed by atoms with Crippen molar-refractivity contribution < 1.29 is 18.7 Å². The maximum absolute atomic E-state index is 14.7. The third-order valence-electron chi connectivity index (χ3n) is 7.01. The molecule has 0 aliphatic carbocycles. The van der Waals surface area contributed by atoms with E-state index in [-0.39, 0.29) is 16.3 Å². The van der Waals surface area contributed by atoms with Gasteiger partial charge in [0.2, 0.25) is 5.91 Å². The van der Waals surface area contributed by atoms with Crippen molar-refractivity contribution in [2.75, 3.05) is 12.4 Å². The Balaban J connectivity index is 2.05. The van der Waals surface area contributed by atoms with Gasteiger partial charge >= 0.3 is 5.97 Å². The van der Waals surface area contributed by atoms with Gasteiger partial charge in [-0.1, -0.05) is 50.0 Å². The highest BCUT2D eigenvalue weighted by molar-refractivity contribution is 6.31. The standard InChI is InChI=1S/C28H33Cl2FN2O3/c1-26(2,3)14-21-28(19-9-8-16(29)13-20(19)32-25(28)35)22(15-10-17(30)12-18(31)11-15)23(33(21)7)24(34)36-27(4,5)6/h8-13,21-23H,14H2,1-7H3,(H,32,35). The zero-order valence-electron chi connectivity index (χ0n) is 21.7. The molecule has 4 unspecified atom stereocenters. The molecule has 36 heavy (non-hydrogen) atoms. The van der Waals surface area contributed by atoms with Gasteiger partial charge in [-0.25, -0.2) is 4.39 Å². The fourth-order valence-electron chi connectivity index (χ4n) is 5.92. The van der Waals surface area contributed by atoms with Crippen molar-refractivity contribution in [2.24, 2.45) is 5.41 Å². The van der Waals surface area contributed by atoms with Crippen molar-refractivity contribution in [1.82, 2.24) is 4.90 Å². The minimum Gasteiger partial charge on any atom is -0.459 e. The number of esters is 1. The quantitative estimate of drug-likeness (QED) is 0.452. The molecule has 2 heterocycles. The predicted octanol–water partition coefficient (Wildman–Crippen LogP) is 6.57. The molecule has 1 fully saturated rings. The fourth-order valence-corrected chi connectivity index (χ4v) is 6.33. The summed E-state index contributed by atoms with van der Waals surface area (Å²) in [6.07, 6.45) is 0.595. The Morgan fingerprint density at radius 3 is 2.33 bits per heavy atom. The molecule has 0 radical (unpaired) electrons. The molecule has 2 aliphatic rings. The summed E-state index contributed by atoms with van der Waals surface area (Å²) in [7, 11) is 1.84. The maximum atomic E-state index is 14.7. The van der Waals surface area contributed by atoms with Crippen molar-refractivity contribution in [3.8, 4) is 0 Å². The largest absolute Gasteiger partial charge is 0.459 e. The molecule has 4 rings (SSSR count). The number of benzene rings is 2. The highest BCUT2D eigenvalue weighted by Gasteiger charge is 2.68. The number of nitrogens with zero attached hydrogens (tertiary/aromatic N) is 1. The Bertz CT molecular complexity index is 1200. The van der Waals surface area contributed by atoms with Gasteiger partial charge in [-0.3, -0.25) is 14.5 Å². The maximum Gasteiger partial charge on any atom is 0.324 e. The van der Waals surface area contributed by atoms with E-state index in [4.69, 9.17) is 27.9 Å². The van der Waals surface area contributed by atoms with E-state index in [1.54, 1.807) is 39.0 Å². The lowest BCUT2D eigenvalue weighted by Gasteiger charge is -2.39. The number of fused-ring (bicyclic) bond motifs is 2. The van der Waals surface area contributed by atoms with Gasteiger partial charge in [0.15, 0.2) is 0 Å². The summed E-state index contributed by atoms with van der Waals surface area (Å²) in [4.78, 5) is 29.9. The number of ether oxygens (including phenoxy) is 1. The van der Waals surface area contributed by atoms with Gasteiger partial charge in [0.1, 0.15) is 22.9 Å². The van der Waals surface area contributed by atoms with Crippen molar-refractivity contribution in [3.63, 3.8) is 0 Å². The van der Waals surface area contributed by atoms with E-state index in [1.807, 2.05) is 18.0 Å². The van der Waals surface area contributed by atoms with Crippen LogP contribution in [0.1, 0.15) is 65.0 Å². The van der Waals surface area contributed by atoms with Gasteiger partial charge in [0.05, 0.1) is 0 Å². The fraction of sp³-hybridized carbons (Fsp3) is 0.500. The molecular formula is C28H33Cl2FN2O3. The molecule has 1 saturated heterocycles. The van der Waals surface area contributed by atoms with Crippen LogP contribution in [0.4, 0.5) is 10.1 Å². The van der Waals surface area contributed by atoms with Gasteiger partial charge in [-0.2, -0.15) is 0 Å². The van der Waals surface area contributed by atoms with E-state index in [1.165, 1.54) is 12.1 Å². The number of carbonyl (C=O) groups is 2. The number of hydrogen-bond donors (Lipinski definition) is 1. The summed E-state index contributed by atoms with van der Waals surface area (Å²) in [5.74, 6) is -2.02. The summed E-state index contributed by atoms with van der Waals surface area (Å²) in [5.41, 5.74) is -0.348. The van der Waals surface area contributed by atoms with E-state index in [0.717, 1.165) is 5.56 Å². The number of likely N-dealkylation sites (tertiary alicyclic amines) is 1. The number of nitrogens with one attached hydrogen (secondary N) is 1. The molecule has 2 aromatic rings. The first kappa shape index (κ1) is 26.9. The van der Waals surface area contributed by atoms with E-state index in [9.17, 15) is 14.0 Å². The van der Waals surface area contributed by atoms with Crippen LogP contribution in [0.25, 0.3) is 0 Å². The summed E-state index contributed by atoms with van der Waals surface area (Å²) in [6.45, 7) is 11.7. The van der Waals surface area contributed by atoms with Crippen LogP contribution in [-0.4, -0.2) is 41.5 Å².